The number of rotatable bonds is 1. The Hall–Kier alpha value is -1.08. The van der Waals surface area contributed by atoms with Gasteiger partial charge in [0, 0.05) is 12.5 Å². The van der Waals surface area contributed by atoms with Crippen LogP contribution in [0.25, 0.3) is 0 Å². The second kappa shape index (κ2) is 3.75. The largest absolute Gasteiger partial charge is 0.418 e. The third-order valence-electron chi connectivity index (χ3n) is 2.72. The molecule has 0 aliphatic heterocycles. The highest BCUT2D eigenvalue weighted by atomic mass is 15.2. The van der Waals surface area contributed by atoms with Crippen molar-refractivity contribution >= 4 is 0 Å². The van der Waals surface area contributed by atoms with Gasteiger partial charge in [0.05, 0.1) is 5.10 Å². The monoisotopic (exact) mass is 179 g/mol. The Labute approximate surface area is 78.1 Å². The van der Waals surface area contributed by atoms with Gasteiger partial charge < -0.3 is 5.73 Å². The molecule has 1 aromatic heterocycles. The summed E-state index contributed by atoms with van der Waals surface area (Å²) in [6.45, 7) is 0. The maximum atomic E-state index is 5.96. The zero-order chi connectivity index (χ0) is 9.10. The Kier molecular flexibility index (Phi) is 2.46. The molecule has 4 nitrogen and oxygen atoms in total. The van der Waals surface area contributed by atoms with Crippen LogP contribution in [-0.4, -0.2) is 15.7 Å². The highest BCUT2D eigenvalue weighted by Crippen LogP contribution is 2.25. The highest BCUT2D eigenvalue weighted by molar-refractivity contribution is 4.77. The lowest BCUT2D eigenvalue weighted by molar-refractivity contribution is -0.373. The summed E-state index contributed by atoms with van der Waals surface area (Å²) in [5.41, 5.74) is 5.96. The van der Waals surface area contributed by atoms with Gasteiger partial charge in [-0.2, -0.15) is 4.57 Å². The second-order valence-corrected chi connectivity index (χ2v) is 3.77. The summed E-state index contributed by atoms with van der Waals surface area (Å²) in [5, 5.41) is 7.47. The van der Waals surface area contributed by atoms with E-state index in [4.69, 9.17) is 5.73 Å². The van der Waals surface area contributed by atoms with Crippen molar-refractivity contribution in [2.24, 2.45) is 5.73 Å². The Morgan fingerprint density at radius 3 is 3.08 bits per heavy atom. The minimum absolute atomic E-state index is 0.336. The Morgan fingerprint density at radius 1 is 1.46 bits per heavy atom. The van der Waals surface area contributed by atoms with Crippen LogP contribution in [0.3, 0.4) is 0 Å². The van der Waals surface area contributed by atoms with Crippen molar-refractivity contribution in [2.45, 2.75) is 44.2 Å². The molecule has 0 spiro atoms. The van der Waals surface area contributed by atoms with E-state index in [1.165, 1.54) is 19.3 Å². The molecule has 1 aromatic rings. The van der Waals surface area contributed by atoms with E-state index in [-0.39, 0.29) is 0 Å². The topological polar surface area (TPSA) is 57.9 Å². The van der Waals surface area contributed by atoms with Crippen molar-refractivity contribution in [3.8, 4) is 0 Å². The number of aromatic nitrogens is 3. The van der Waals surface area contributed by atoms with Crippen LogP contribution < -0.4 is 10.8 Å². The van der Waals surface area contributed by atoms with Crippen molar-refractivity contribution in [1.82, 2.24) is 9.67 Å². The van der Waals surface area contributed by atoms with Gasteiger partial charge in [-0.05, 0) is 24.4 Å². The summed E-state index contributed by atoms with van der Waals surface area (Å²) in [4.78, 5) is 0. The molecule has 1 heterocycles. The number of hydrogen-bond acceptors (Lipinski definition) is 2. The third-order valence-corrected chi connectivity index (χ3v) is 2.72. The van der Waals surface area contributed by atoms with Crippen LogP contribution in [0.1, 0.15) is 38.1 Å². The van der Waals surface area contributed by atoms with E-state index < -0.39 is 0 Å². The summed E-state index contributed by atoms with van der Waals surface area (Å²) >= 11 is 0. The van der Waals surface area contributed by atoms with Crippen molar-refractivity contribution in [3.05, 3.63) is 12.7 Å². The minimum Gasteiger partial charge on any atom is -0.328 e. The molecule has 0 aromatic carbocycles. The average Bonchev–Trinajstić information content (AvgIpc) is 2.56. The lowest BCUT2D eigenvalue weighted by Gasteiger charge is -2.11. The number of nitrogens with two attached hydrogens (primary N) is 1. The van der Waals surface area contributed by atoms with E-state index in [9.17, 15) is 0 Å². The van der Waals surface area contributed by atoms with Crippen molar-refractivity contribution < 1.29 is 5.10 Å². The predicted octanol–water partition coefficient (Wildman–Crippen LogP) is 0.116. The van der Waals surface area contributed by atoms with Crippen LogP contribution in [-0.2, 0) is 0 Å². The smallest absolute Gasteiger partial charge is 0.328 e. The Balaban J connectivity index is 2.05. The van der Waals surface area contributed by atoms with Gasteiger partial charge >= 0.3 is 6.33 Å². The SMILES string of the molecule is NC1CCCCC(n2c#[n+]nc2)C1. The van der Waals surface area contributed by atoms with E-state index in [0.717, 1.165) is 12.8 Å². The van der Waals surface area contributed by atoms with E-state index in [0.29, 0.717) is 12.1 Å². The average molecular weight is 179 g/mol. The van der Waals surface area contributed by atoms with Crippen LogP contribution in [0.15, 0.2) is 6.33 Å². The second-order valence-electron chi connectivity index (χ2n) is 3.77. The quantitative estimate of drug-likeness (QED) is 0.623. The molecule has 2 N–H and O–H groups in total. The highest BCUT2D eigenvalue weighted by Gasteiger charge is 2.22. The molecule has 13 heavy (non-hydrogen) atoms. The molecule has 2 unspecified atom stereocenters. The molecule has 0 bridgehead atoms. The predicted molar refractivity (Wildman–Crippen MR) is 46.8 cm³/mol. The van der Waals surface area contributed by atoms with Gasteiger partial charge in [0.2, 0.25) is 0 Å². The van der Waals surface area contributed by atoms with Crippen LogP contribution in [0.5, 0.6) is 0 Å². The van der Waals surface area contributed by atoms with E-state index in [2.05, 4.69) is 16.5 Å². The zero-order valence-corrected chi connectivity index (χ0v) is 7.69. The zero-order valence-electron chi connectivity index (χ0n) is 7.69. The first-order chi connectivity index (χ1) is 6.36. The van der Waals surface area contributed by atoms with Gasteiger partial charge in [-0.3, -0.25) is 0 Å². The molecule has 1 aliphatic carbocycles. The number of hydrogen-bond donors (Lipinski definition) is 1. The standard InChI is InChI=1S/C9H15N4/c10-8-3-1-2-4-9(5-8)13-6-11-12-7-13/h6,8-9H,1-5,10H2/q+1. The van der Waals surface area contributed by atoms with Gasteiger partial charge in [-0.25, -0.2) is 0 Å². The lowest BCUT2D eigenvalue weighted by Crippen LogP contribution is -2.22. The molecular weight excluding hydrogens is 164 g/mol. The van der Waals surface area contributed by atoms with Crippen LogP contribution >= 0.6 is 0 Å². The maximum absolute atomic E-state index is 5.96. The Bertz CT molecular complexity index is 244. The molecular formula is C9H15N4+. The normalized spacial score (nSPS) is 29.3. The summed E-state index contributed by atoms with van der Waals surface area (Å²) < 4.78 is 1.96. The molecule has 4 heteroatoms. The number of nitrogens with zero attached hydrogens (tertiary/aromatic N) is 3. The molecule has 2 atom stereocenters. The van der Waals surface area contributed by atoms with Gasteiger partial charge in [-0.15, -0.1) is 0 Å². The molecule has 70 valence electrons. The fourth-order valence-corrected chi connectivity index (χ4v) is 1.98. The minimum atomic E-state index is 0.336. The molecule has 2 rings (SSSR count). The summed E-state index contributed by atoms with van der Waals surface area (Å²) in [5.74, 6) is 0. The van der Waals surface area contributed by atoms with Gasteiger partial charge in [0.1, 0.15) is 6.04 Å². The van der Waals surface area contributed by atoms with E-state index in [1.807, 2.05) is 4.57 Å². The van der Waals surface area contributed by atoms with E-state index in [1.54, 1.807) is 6.33 Å². The maximum Gasteiger partial charge on any atom is 0.418 e. The fraction of sp³-hybridized carbons (Fsp3) is 0.778. The molecule has 0 saturated heterocycles. The molecule has 0 radical (unpaired) electrons. The first-order valence-corrected chi connectivity index (χ1v) is 4.89. The van der Waals surface area contributed by atoms with Crippen LogP contribution in [0.4, 0.5) is 0 Å². The third kappa shape index (κ3) is 1.99. The van der Waals surface area contributed by atoms with Crippen molar-refractivity contribution in [2.75, 3.05) is 0 Å². The molecule has 0 amide bonds. The summed E-state index contributed by atoms with van der Waals surface area (Å²) in [6, 6.07) is 0.802. The van der Waals surface area contributed by atoms with Gasteiger partial charge in [-0.1, -0.05) is 6.42 Å². The Morgan fingerprint density at radius 2 is 2.31 bits per heavy atom. The fourth-order valence-electron chi connectivity index (χ4n) is 1.98. The first kappa shape index (κ1) is 8.52. The van der Waals surface area contributed by atoms with Crippen LogP contribution in [0.2, 0.25) is 0 Å². The van der Waals surface area contributed by atoms with E-state index >= 15 is 0 Å². The van der Waals surface area contributed by atoms with Crippen molar-refractivity contribution in [3.63, 3.8) is 0 Å². The van der Waals surface area contributed by atoms with Crippen molar-refractivity contribution in [1.29, 1.82) is 0 Å². The van der Waals surface area contributed by atoms with Gasteiger partial charge in [0.15, 0.2) is 0 Å². The molecule has 1 saturated carbocycles. The summed E-state index contributed by atoms with van der Waals surface area (Å²) in [6.07, 6.45) is 10.5. The van der Waals surface area contributed by atoms with Crippen LogP contribution in [0, 0.1) is 6.33 Å². The molecule has 1 aliphatic rings. The molecule has 1 fully saturated rings. The summed E-state index contributed by atoms with van der Waals surface area (Å²) in [7, 11) is 0. The lowest BCUT2D eigenvalue weighted by atomic mass is 10.1. The first-order valence-electron chi connectivity index (χ1n) is 4.89. The van der Waals surface area contributed by atoms with Gasteiger partial charge in [0.25, 0.3) is 6.33 Å².